The molecule has 0 fully saturated rings. The van der Waals surface area contributed by atoms with Crippen molar-refractivity contribution in [2.24, 2.45) is 5.92 Å². The summed E-state index contributed by atoms with van der Waals surface area (Å²) in [6.45, 7) is 2.33. The highest BCUT2D eigenvalue weighted by molar-refractivity contribution is 5.88. The lowest BCUT2D eigenvalue weighted by Gasteiger charge is -2.23. The monoisotopic (exact) mass is 782 g/mol. The smallest absolute Gasteiger partial charge is 0.0701 e. The first-order chi connectivity index (χ1) is 30.1. The van der Waals surface area contributed by atoms with Gasteiger partial charge in [0.25, 0.3) is 0 Å². The van der Waals surface area contributed by atoms with Crippen LogP contribution >= 0.6 is 0 Å². The zero-order valence-corrected chi connectivity index (χ0v) is 33.9. The first-order valence-electron chi connectivity index (χ1n) is 20.8. The van der Waals surface area contributed by atoms with Gasteiger partial charge in [-0.05, 0) is 158 Å². The highest BCUT2D eigenvalue weighted by Gasteiger charge is 2.20. The number of nitrogens with zero attached hydrogens (tertiary/aromatic N) is 4. The van der Waals surface area contributed by atoms with E-state index < -0.39 is 0 Å². The van der Waals surface area contributed by atoms with E-state index in [0.29, 0.717) is 5.92 Å². The predicted molar refractivity (Wildman–Crippen MR) is 252 cm³/mol. The first-order valence-corrected chi connectivity index (χ1v) is 20.8. The average Bonchev–Trinajstić information content (AvgIpc) is 3.35. The van der Waals surface area contributed by atoms with Crippen molar-refractivity contribution >= 4 is 11.1 Å². The molecule has 1 aliphatic rings. The van der Waals surface area contributed by atoms with Crippen LogP contribution in [0.15, 0.2) is 219 Å². The molecule has 0 aliphatic heterocycles. The van der Waals surface area contributed by atoms with Crippen LogP contribution in [-0.4, -0.2) is 19.9 Å². The molecule has 0 saturated carbocycles. The van der Waals surface area contributed by atoms with Crippen LogP contribution in [0.1, 0.15) is 24.6 Å². The third-order valence-corrected chi connectivity index (χ3v) is 11.6. The van der Waals surface area contributed by atoms with Gasteiger partial charge in [-0.2, -0.15) is 0 Å². The molecule has 4 nitrogen and oxygen atoms in total. The Bertz CT molecular complexity index is 2890. The van der Waals surface area contributed by atoms with Gasteiger partial charge < -0.3 is 0 Å². The number of rotatable bonds is 9. The van der Waals surface area contributed by atoms with E-state index in [9.17, 15) is 0 Å². The maximum absolute atomic E-state index is 4.67. The molecule has 0 bridgehead atoms. The number of hydrogen-bond donors (Lipinski definition) is 0. The normalized spacial score (nSPS) is 13.6. The Labute approximate surface area is 357 Å². The Morgan fingerprint density at radius 2 is 0.623 bits per heavy atom. The first kappa shape index (κ1) is 37.5. The van der Waals surface area contributed by atoms with Crippen molar-refractivity contribution in [1.82, 2.24) is 19.9 Å². The minimum atomic E-state index is 0.300. The fourth-order valence-electron chi connectivity index (χ4n) is 8.34. The van der Waals surface area contributed by atoms with Gasteiger partial charge in [-0.25, -0.2) is 0 Å². The second-order valence-electron chi connectivity index (χ2n) is 15.6. The van der Waals surface area contributed by atoms with E-state index in [1.807, 2.05) is 67.3 Å². The zero-order chi connectivity index (χ0) is 41.0. The van der Waals surface area contributed by atoms with Gasteiger partial charge >= 0.3 is 0 Å². The fourth-order valence-corrected chi connectivity index (χ4v) is 8.34. The highest BCUT2D eigenvalue weighted by Crippen LogP contribution is 2.41. The number of pyridine rings is 4. The minimum Gasteiger partial charge on any atom is -0.257 e. The van der Waals surface area contributed by atoms with Gasteiger partial charge in [0.1, 0.15) is 0 Å². The molecule has 5 aromatic carbocycles. The molecule has 0 N–H and O–H groups in total. The van der Waals surface area contributed by atoms with Crippen molar-refractivity contribution in [2.45, 2.75) is 13.3 Å². The molecule has 0 radical (unpaired) electrons. The van der Waals surface area contributed by atoms with Crippen LogP contribution in [0.4, 0.5) is 0 Å². The van der Waals surface area contributed by atoms with Crippen LogP contribution in [0.2, 0.25) is 0 Å². The van der Waals surface area contributed by atoms with Crippen LogP contribution in [0, 0.1) is 5.92 Å². The maximum atomic E-state index is 4.67. The second kappa shape index (κ2) is 16.8. The number of hydrogen-bond acceptors (Lipinski definition) is 4. The summed E-state index contributed by atoms with van der Waals surface area (Å²) >= 11 is 0. The number of aromatic nitrogens is 4. The molecule has 4 heteroatoms. The van der Waals surface area contributed by atoms with E-state index in [1.165, 1.54) is 22.3 Å². The van der Waals surface area contributed by atoms with Crippen LogP contribution in [-0.2, 0) is 0 Å². The molecule has 290 valence electrons. The van der Waals surface area contributed by atoms with Crippen LogP contribution in [0.3, 0.4) is 0 Å². The van der Waals surface area contributed by atoms with Gasteiger partial charge in [-0.3, -0.25) is 19.9 Å². The van der Waals surface area contributed by atoms with Crippen molar-refractivity contribution in [2.75, 3.05) is 0 Å². The summed E-state index contributed by atoms with van der Waals surface area (Å²) in [6.07, 6.45) is 12.9. The van der Waals surface area contributed by atoms with E-state index in [4.69, 9.17) is 0 Å². The van der Waals surface area contributed by atoms with Crippen molar-refractivity contribution < 1.29 is 0 Å². The second-order valence-corrected chi connectivity index (χ2v) is 15.6. The molecule has 10 rings (SSSR count). The van der Waals surface area contributed by atoms with Crippen LogP contribution < -0.4 is 0 Å². The third kappa shape index (κ3) is 8.12. The highest BCUT2D eigenvalue weighted by atomic mass is 14.7. The lowest BCUT2D eigenvalue weighted by Crippen LogP contribution is -2.06. The molecule has 0 amide bonds. The SMILES string of the molecule is CC1CC(c2ccccn2)=CC=C1c1cc(-c2ccc(-c3ccccn3)cc2)cc(-c2cc(-c3ccc(-c4ccccn4)cc3)cc(-c3ccc(-c4ccccn4)cc3)c2)c1. The zero-order valence-electron chi connectivity index (χ0n) is 33.9. The van der Waals surface area contributed by atoms with Crippen LogP contribution in [0.5, 0.6) is 0 Å². The standard InChI is InChI=1S/C57H42N4/c1-39-32-46(57-13-5-9-31-61-57)26-27-53(39)52-37-49(42-18-24-45(25-19-42)56-12-4-8-30-60-56)36-51(38-52)50-34-47(40-14-20-43(21-15-40)54-10-2-6-28-58-54)33-48(35-50)41-16-22-44(23-17-41)55-11-3-7-29-59-55/h2-31,33-39H,32H2,1H3. The van der Waals surface area contributed by atoms with Gasteiger partial charge in [0.15, 0.2) is 0 Å². The van der Waals surface area contributed by atoms with Crippen molar-refractivity contribution in [3.63, 3.8) is 0 Å². The van der Waals surface area contributed by atoms with Crippen LogP contribution in [0.25, 0.3) is 89.4 Å². The van der Waals surface area contributed by atoms with Crippen molar-refractivity contribution in [3.8, 4) is 78.3 Å². The molecule has 0 spiro atoms. The summed E-state index contributed by atoms with van der Waals surface area (Å²) in [5, 5.41) is 0. The number of allylic oxidation sites excluding steroid dienone is 4. The lowest BCUT2D eigenvalue weighted by molar-refractivity contribution is 0.768. The Balaban J connectivity index is 1.11. The molecule has 0 saturated heterocycles. The Morgan fingerprint density at radius 1 is 0.311 bits per heavy atom. The van der Waals surface area contributed by atoms with E-state index in [-0.39, 0.29) is 0 Å². The van der Waals surface area contributed by atoms with Gasteiger partial charge in [-0.15, -0.1) is 0 Å². The fraction of sp³-hybridized carbons (Fsp3) is 0.0526. The van der Waals surface area contributed by atoms with Gasteiger partial charge in [0.2, 0.25) is 0 Å². The Morgan fingerprint density at radius 3 is 0.951 bits per heavy atom. The number of benzene rings is 5. The van der Waals surface area contributed by atoms with E-state index in [1.54, 1.807) is 0 Å². The molecule has 1 aliphatic carbocycles. The van der Waals surface area contributed by atoms with E-state index >= 15 is 0 Å². The third-order valence-electron chi connectivity index (χ3n) is 11.6. The van der Waals surface area contributed by atoms with E-state index in [0.717, 1.165) is 84.8 Å². The topological polar surface area (TPSA) is 51.6 Å². The lowest BCUT2D eigenvalue weighted by atomic mass is 9.81. The summed E-state index contributed by atoms with van der Waals surface area (Å²) in [4.78, 5) is 18.5. The molecular formula is C57H42N4. The molecule has 61 heavy (non-hydrogen) atoms. The molecule has 9 aromatic rings. The van der Waals surface area contributed by atoms with Crippen molar-refractivity contribution in [1.29, 1.82) is 0 Å². The molecular weight excluding hydrogens is 741 g/mol. The van der Waals surface area contributed by atoms with Gasteiger partial charge in [0.05, 0.1) is 22.8 Å². The largest absolute Gasteiger partial charge is 0.257 e. The van der Waals surface area contributed by atoms with E-state index in [2.05, 4.69) is 179 Å². The maximum Gasteiger partial charge on any atom is 0.0701 e. The summed E-state index contributed by atoms with van der Waals surface area (Å²) in [6, 6.07) is 64.6. The Kier molecular flexibility index (Phi) is 10.3. The minimum absolute atomic E-state index is 0.300. The summed E-state index contributed by atoms with van der Waals surface area (Å²) in [5.41, 5.74) is 20.2. The summed E-state index contributed by atoms with van der Waals surface area (Å²) < 4.78 is 0. The van der Waals surface area contributed by atoms with Gasteiger partial charge in [0, 0.05) is 41.5 Å². The Hall–Kier alpha value is -7.82. The molecule has 1 atom stereocenters. The molecule has 4 aromatic heterocycles. The predicted octanol–water partition coefficient (Wildman–Crippen LogP) is 14.4. The summed E-state index contributed by atoms with van der Waals surface area (Å²) in [7, 11) is 0. The van der Waals surface area contributed by atoms with Gasteiger partial charge in [-0.1, -0.05) is 116 Å². The summed E-state index contributed by atoms with van der Waals surface area (Å²) in [5.74, 6) is 0.300. The van der Waals surface area contributed by atoms with Crippen molar-refractivity contribution in [3.05, 3.63) is 230 Å². The quantitative estimate of drug-likeness (QED) is 0.146. The average molecular weight is 783 g/mol. The molecule has 4 heterocycles. The molecule has 1 unspecified atom stereocenters.